The van der Waals surface area contributed by atoms with Crippen molar-refractivity contribution >= 4 is 28.5 Å². The highest BCUT2D eigenvalue weighted by Gasteiger charge is 2.15. The molecule has 0 aliphatic rings. The molecule has 0 aromatic carbocycles. The number of carbonyl (C=O) groups excluding carboxylic acids is 1. The molecule has 0 bridgehead atoms. The Hall–Kier alpha value is -0.0300. The minimum atomic E-state index is -0.909. The Morgan fingerprint density at radius 2 is 2.23 bits per heavy atom. The van der Waals surface area contributed by atoms with E-state index in [1.165, 1.54) is 7.11 Å². The third-order valence-corrected chi connectivity index (χ3v) is 4.16. The second kappa shape index (κ2) is 7.38. The van der Waals surface area contributed by atoms with Gasteiger partial charge in [0.05, 0.1) is 13.5 Å². The van der Waals surface area contributed by atoms with Gasteiger partial charge in [-0.1, -0.05) is 6.92 Å². The molecule has 3 nitrogen and oxygen atoms in total. The van der Waals surface area contributed by atoms with Gasteiger partial charge in [0.15, 0.2) is 0 Å². The zero-order valence-corrected chi connectivity index (χ0v) is 9.87. The van der Waals surface area contributed by atoms with Gasteiger partial charge in [-0.15, -0.1) is 0 Å². The third kappa shape index (κ3) is 6.10. The maximum absolute atomic E-state index is 11.4. The van der Waals surface area contributed by atoms with Gasteiger partial charge in [-0.2, -0.15) is 11.8 Å². The Bertz CT molecular complexity index is 182. The van der Waals surface area contributed by atoms with Crippen LogP contribution < -0.4 is 0 Å². The summed E-state index contributed by atoms with van der Waals surface area (Å²) in [7, 11) is 0.439. The van der Waals surface area contributed by atoms with Crippen molar-refractivity contribution in [3.8, 4) is 0 Å². The van der Waals surface area contributed by atoms with Crippen LogP contribution in [0.4, 0.5) is 0 Å². The van der Waals surface area contributed by atoms with E-state index in [2.05, 4.69) is 4.74 Å². The quantitative estimate of drug-likeness (QED) is 0.633. The second-order valence-corrected chi connectivity index (χ2v) is 5.63. The summed E-state index contributed by atoms with van der Waals surface area (Å²) in [6.07, 6.45) is 2.22. The molecule has 0 amide bonds. The highest BCUT2D eigenvalue weighted by atomic mass is 32.2. The first kappa shape index (κ1) is 13.0. The van der Waals surface area contributed by atoms with Crippen molar-refractivity contribution in [2.45, 2.75) is 18.6 Å². The van der Waals surface area contributed by atoms with Crippen LogP contribution in [0, 0.1) is 0 Å². The van der Waals surface area contributed by atoms with Gasteiger partial charge in [-0.25, -0.2) is 0 Å². The number of thioether (sulfide) groups is 1. The molecule has 0 saturated carbocycles. The Kier molecular flexibility index (Phi) is 7.36. The minimum absolute atomic E-state index is 0.0976. The summed E-state index contributed by atoms with van der Waals surface area (Å²) in [4.78, 5) is 10.8. The molecule has 0 radical (unpaired) electrons. The van der Waals surface area contributed by atoms with E-state index in [-0.39, 0.29) is 17.6 Å². The van der Waals surface area contributed by atoms with Crippen LogP contribution in [0.2, 0.25) is 0 Å². The number of rotatable bonds is 6. The molecule has 0 aliphatic carbocycles. The molecule has 0 aromatic rings. The monoisotopic (exact) mass is 224 g/mol. The summed E-state index contributed by atoms with van der Waals surface area (Å²) >= 11 is 1.66. The van der Waals surface area contributed by atoms with E-state index in [9.17, 15) is 9.00 Å². The fraction of sp³-hybridized carbons (Fsp3) is 0.875. The number of carbonyl (C=O) groups is 1. The van der Waals surface area contributed by atoms with Crippen LogP contribution in [-0.2, 0) is 20.3 Å². The minimum Gasteiger partial charge on any atom is -0.469 e. The lowest BCUT2D eigenvalue weighted by Gasteiger charge is -2.08. The van der Waals surface area contributed by atoms with Crippen LogP contribution in [0.3, 0.4) is 0 Å². The molecule has 0 rings (SSSR count). The van der Waals surface area contributed by atoms with Crippen LogP contribution in [0.25, 0.3) is 0 Å². The Morgan fingerprint density at radius 1 is 1.62 bits per heavy atom. The molecule has 78 valence electrons. The Labute approximate surface area is 86.1 Å². The fourth-order valence-corrected chi connectivity index (χ4v) is 2.83. The van der Waals surface area contributed by atoms with Crippen molar-refractivity contribution in [2.24, 2.45) is 0 Å². The number of hydrogen-bond acceptors (Lipinski definition) is 4. The van der Waals surface area contributed by atoms with Crippen LogP contribution >= 0.6 is 11.8 Å². The first-order valence-corrected chi connectivity index (χ1v) is 6.82. The lowest BCUT2D eigenvalue weighted by Crippen LogP contribution is -2.19. The van der Waals surface area contributed by atoms with E-state index >= 15 is 0 Å². The third-order valence-electron chi connectivity index (χ3n) is 1.62. The van der Waals surface area contributed by atoms with Crippen LogP contribution in [-0.4, -0.2) is 40.3 Å². The van der Waals surface area contributed by atoms with Crippen molar-refractivity contribution in [3.63, 3.8) is 0 Å². The van der Waals surface area contributed by atoms with Gasteiger partial charge in [0.2, 0.25) is 0 Å². The lowest BCUT2D eigenvalue weighted by molar-refractivity contribution is -0.140. The molecule has 2 unspecified atom stereocenters. The summed E-state index contributed by atoms with van der Waals surface area (Å²) in [6, 6.07) is 0. The molecule has 0 heterocycles. The first-order valence-electron chi connectivity index (χ1n) is 4.04. The predicted octanol–water partition coefficient (Wildman–Crippen LogP) is 1.05. The smallest absolute Gasteiger partial charge is 0.306 e. The Morgan fingerprint density at radius 3 is 2.69 bits per heavy atom. The van der Waals surface area contributed by atoms with Crippen LogP contribution in [0.5, 0.6) is 0 Å². The van der Waals surface area contributed by atoms with Gasteiger partial charge in [0.25, 0.3) is 0 Å². The topological polar surface area (TPSA) is 43.4 Å². The number of ether oxygens (including phenoxy) is 1. The summed E-state index contributed by atoms with van der Waals surface area (Å²) in [5, 5.41) is -0.0976. The molecule has 0 fully saturated rings. The molecule has 0 N–H and O–H groups in total. The van der Waals surface area contributed by atoms with E-state index in [0.29, 0.717) is 5.75 Å². The second-order valence-electron chi connectivity index (χ2n) is 2.67. The summed E-state index contributed by atoms with van der Waals surface area (Å²) in [5.74, 6) is 1.24. The molecular weight excluding hydrogens is 208 g/mol. The number of hydrogen-bond donors (Lipinski definition) is 0. The SMILES string of the molecule is COC(=O)CC(C)S(=O)CCSC. The molecule has 2 atom stereocenters. The standard InChI is InChI=1S/C8H16O3S2/c1-7(6-8(9)11-2)13(10)5-4-12-3/h7H,4-6H2,1-3H3. The fourth-order valence-electron chi connectivity index (χ4n) is 0.778. The largest absolute Gasteiger partial charge is 0.469 e. The zero-order chi connectivity index (χ0) is 10.3. The number of methoxy groups -OCH3 is 1. The highest BCUT2D eigenvalue weighted by molar-refractivity contribution is 7.99. The first-order chi connectivity index (χ1) is 6.11. The average molecular weight is 224 g/mol. The number of esters is 1. The molecule has 0 spiro atoms. The lowest BCUT2D eigenvalue weighted by atomic mass is 10.3. The maximum Gasteiger partial charge on any atom is 0.306 e. The summed E-state index contributed by atoms with van der Waals surface area (Å²) in [5.41, 5.74) is 0. The molecule has 0 aliphatic heterocycles. The van der Waals surface area contributed by atoms with Gasteiger partial charge >= 0.3 is 5.97 Å². The molecular formula is C8H16O3S2. The van der Waals surface area contributed by atoms with Crippen molar-refractivity contribution in [1.29, 1.82) is 0 Å². The van der Waals surface area contributed by atoms with E-state index < -0.39 is 10.8 Å². The normalized spacial score (nSPS) is 15.0. The van der Waals surface area contributed by atoms with Gasteiger partial charge in [-0.3, -0.25) is 9.00 Å². The molecule has 0 aromatic heterocycles. The van der Waals surface area contributed by atoms with E-state index in [4.69, 9.17) is 0 Å². The maximum atomic E-state index is 11.4. The van der Waals surface area contributed by atoms with Crippen molar-refractivity contribution in [1.82, 2.24) is 0 Å². The summed E-state index contributed by atoms with van der Waals surface area (Å²) in [6.45, 7) is 1.81. The Balaban J connectivity index is 3.75. The van der Waals surface area contributed by atoms with Gasteiger partial charge in [0, 0.05) is 27.6 Å². The molecule has 0 saturated heterocycles. The highest BCUT2D eigenvalue weighted by Crippen LogP contribution is 2.05. The van der Waals surface area contributed by atoms with Crippen LogP contribution in [0.15, 0.2) is 0 Å². The van der Waals surface area contributed by atoms with Crippen LogP contribution in [0.1, 0.15) is 13.3 Å². The zero-order valence-electron chi connectivity index (χ0n) is 8.24. The van der Waals surface area contributed by atoms with Crippen molar-refractivity contribution in [3.05, 3.63) is 0 Å². The summed E-state index contributed by atoms with van der Waals surface area (Å²) < 4.78 is 15.9. The van der Waals surface area contributed by atoms with E-state index in [0.717, 1.165) is 5.75 Å². The van der Waals surface area contributed by atoms with Gasteiger partial charge in [-0.05, 0) is 6.26 Å². The van der Waals surface area contributed by atoms with Gasteiger partial charge in [0.1, 0.15) is 0 Å². The van der Waals surface area contributed by atoms with Crippen molar-refractivity contribution < 1.29 is 13.7 Å². The molecule has 5 heteroatoms. The van der Waals surface area contributed by atoms with Crippen molar-refractivity contribution in [2.75, 3.05) is 24.9 Å². The molecule has 13 heavy (non-hydrogen) atoms. The van der Waals surface area contributed by atoms with Gasteiger partial charge < -0.3 is 4.74 Å². The van der Waals surface area contributed by atoms with E-state index in [1.807, 2.05) is 13.2 Å². The average Bonchev–Trinajstić information content (AvgIpc) is 2.13. The van der Waals surface area contributed by atoms with E-state index in [1.54, 1.807) is 11.8 Å². The predicted molar refractivity (Wildman–Crippen MR) is 57.5 cm³/mol.